The van der Waals surface area contributed by atoms with Gasteiger partial charge in [0.2, 0.25) is 9.84 Å². The molecule has 0 saturated carbocycles. The fraction of sp³-hybridized carbons (Fsp3) is 0.0870. The van der Waals surface area contributed by atoms with Crippen molar-refractivity contribution in [2.24, 2.45) is 0 Å². The highest BCUT2D eigenvalue weighted by molar-refractivity contribution is 7.91. The van der Waals surface area contributed by atoms with Gasteiger partial charge >= 0.3 is 5.97 Å². The van der Waals surface area contributed by atoms with Crippen molar-refractivity contribution in [3.05, 3.63) is 96.1 Å². The van der Waals surface area contributed by atoms with E-state index < -0.39 is 15.8 Å². The van der Waals surface area contributed by atoms with Crippen LogP contribution in [0, 0.1) is 0 Å². The molecule has 3 rings (SSSR count). The molecule has 0 aliphatic heterocycles. The molecule has 32 heavy (non-hydrogen) atoms. The zero-order chi connectivity index (χ0) is 23.0. The summed E-state index contributed by atoms with van der Waals surface area (Å²) in [5, 5.41) is 6.29. The van der Waals surface area contributed by atoms with Crippen molar-refractivity contribution < 1.29 is 22.9 Å². The lowest BCUT2D eigenvalue weighted by Crippen LogP contribution is -2.78. The van der Waals surface area contributed by atoms with Gasteiger partial charge in [0.15, 0.2) is 5.88 Å². The van der Waals surface area contributed by atoms with Gasteiger partial charge in [0.1, 0.15) is 0 Å². The Hall–Kier alpha value is -3.56. The normalized spacial score (nSPS) is 11.5. The predicted molar refractivity (Wildman–Crippen MR) is 127 cm³/mol. The molecule has 0 amide bonds. The second-order valence-corrected chi connectivity index (χ2v) is 9.04. The van der Waals surface area contributed by atoms with Crippen molar-refractivity contribution >= 4 is 44.7 Å². The number of hydrogen-bond acceptors (Lipinski definition) is 5. The number of nitrogens with one attached hydrogen (secondary N) is 3. The third-order valence-electron chi connectivity index (χ3n) is 4.41. The number of amidine groups is 1. The summed E-state index contributed by atoms with van der Waals surface area (Å²) in [6.45, 7) is 0. The largest absolute Gasteiger partial charge is 0.465 e. The lowest BCUT2D eigenvalue weighted by molar-refractivity contribution is -0.434. The van der Waals surface area contributed by atoms with Crippen LogP contribution in [0.25, 0.3) is 0 Å². The molecule has 0 bridgehead atoms. The number of hydrogen-bond donors (Lipinski definition) is 3. The van der Waals surface area contributed by atoms with Gasteiger partial charge in [-0.05, 0) is 60.7 Å². The zero-order valence-corrected chi connectivity index (χ0v) is 18.9. The van der Waals surface area contributed by atoms with E-state index in [-0.39, 0.29) is 15.9 Å². The van der Waals surface area contributed by atoms with E-state index in [4.69, 9.17) is 12.2 Å². The minimum atomic E-state index is -3.55. The molecule has 0 atom stereocenters. The van der Waals surface area contributed by atoms with Gasteiger partial charge in [-0.1, -0.05) is 36.4 Å². The van der Waals surface area contributed by atoms with E-state index in [1.807, 2.05) is 30.3 Å². The lowest BCUT2D eigenvalue weighted by atomic mass is 10.2. The molecule has 3 aromatic rings. The SMILES string of the molecule is COC(=O)c1ccc(NC(=S)NC(=[NH+]CS(=O)(=O)c2ccccc2)c2ccccc2)cc1. The molecule has 9 heteroatoms. The van der Waals surface area contributed by atoms with Crippen LogP contribution in [0.15, 0.2) is 89.8 Å². The molecule has 0 spiro atoms. The topological polar surface area (TPSA) is 98.5 Å². The van der Waals surface area contributed by atoms with E-state index in [0.29, 0.717) is 17.1 Å². The van der Waals surface area contributed by atoms with Crippen LogP contribution in [-0.2, 0) is 14.6 Å². The van der Waals surface area contributed by atoms with Crippen LogP contribution >= 0.6 is 12.2 Å². The lowest BCUT2D eigenvalue weighted by Gasteiger charge is -2.08. The molecule has 0 aliphatic carbocycles. The number of ether oxygens (including phenoxy) is 1. The number of thiocarbonyl (C=S) groups is 1. The molecule has 0 aromatic heterocycles. The van der Waals surface area contributed by atoms with Crippen molar-refractivity contribution in [2.75, 3.05) is 18.3 Å². The number of methoxy groups -OCH3 is 1. The van der Waals surface area contributed by atoms with Crippen molar-refractivity contribution in [2.45, 2.75) is 4.90 Å². The third kappa shape index (κ3) is 6.22. The Bertz CT molecular complexity index is 1210. The standard InChI is InChI=1S/C23H21N3O4S2/c1-30-22(27)18-12-14-19(15-13-18)25-23(31)26-21(17-8-4-2-5-9-17)24-16-32(28,29)20-10-6-3-7-11-20/h2-15H,16H2,1H3,(H2,24,25,26,31)/p+1. The van der Waals surface area contributed by atoms with Gasteiger partial charge in [-0.3, -0.25) is 4.99 Å². The molecule has 164 valence electrons. The monoisotopic (exact) mass is 468 g/mol. The van der Waals surface area contributed by atoms with E-state index in [2.05, 4.69) is 20.4 Å². The number of rotatable bonds is 6. The molecule has 0 heterocycles. The number of benzene rings is 3. The highest BCUT2D eigenvalue weighted by Crippen LogP contribution is 2.10. The first kappa shape index (κ1) is 23.1. The second kappa shape index (κ2) is 10.7. The van der Waals surface area contributed by atoms with Crippen LogP contribution in [0.2, 0.25) is 0 Å². The minimum absolute atomic E-state index is 0.228. The summed E-state index contributed by atoms with van der Waals surface area (Å²) in [4.78, 5) is 14.7. The summed E-state index contributed by atoms with van der Waals surface area (Å²) in [6.07, 6.45) is 0. The third-order valence-corrected chi connectivity index (χ3v) is 6.13. The van der Waals surface area contributed by atoms with Gasteiger partial charge in [-0.2, -0.15) is 0 Å². The Morgan fingerprint density at radius 3 is 2.09 bits per heavy atom. The Labute approximate surface area is 192 Å². The molecule has 3 aromatic carbocycles. The average Bonchev–Trinajstić information content (AvgIpc) is 2.83. The van der Waals surface area contributed by atoms with E-state index in [1.54, 1.807) is 54.6 Å². The van der Waals surface area contributed by atoms with Crippen molar-refractivity contribution in [3.8, 4) is 0 Å². The molecule has 7 nitrogen and oxygen atoms in total. The molecule has 0 saturated heterocycles. The maximum atomic E-state index is 12.7. The number of carbonyl (C=O) groups excluding carboxylic acids is 1. The van der Waals surface area contributed by atoms with E-state index in [9.17, 15) is 13.2 Å². The van der Waals surface area contributed by atoms with Crippen LogP contribution in [-0.4, -0.2) is 38.3 Å². The maximum Gasteiger partial charge on any atom is 0.337 e. The number of esters is 1. The quantitative estimate of drug-likeness (QED) is 0.219. The average molecular weight is 469 g/mol. The molecular weight excluding hydrogens is 446 g/mol. The Kier molecular flexibility index (Phi) is 7.69. The Morgan fingerprint density at radius 2 is 1.50 bits per heavy atom. The second-order valence-electron chi connectivity index (χ2n) is 6.64. The molecule has 0 aliphatic rings. The van der Waals surface area contributed by atoms with Crippen LogP contribution in [0.4, 0.5) is 5.69 Å². The summed E-state index contributed by atoms with van der Waals surface area (Å²) >= 11 is 5.40. The molecule has 3 N–H and O–H groups in total. The number of sulfone groups is 1. The van der Waals surface area contributed by atoms with Gasteiger partial charge < -0.3 is 10.1 Å². The Balaban J connectivity index is 1.77. The minimum Gasteiger partial charge on any atom is -0.465 e. The highest BCUT2D eigenvalue weighted by atomic mass is 32.2. The van der Waals surface area contributed by atoms with Gasteiger partial charge in [-0.25, -0.2) is 18.5 Å². The van der Waals surface area contributed by atoms with Crippen molar-refractivity contribution in [1.29, 1.82) is 0 Å². The maximum absolute atomic E-state index is 12.7. The van der Waals surface area contributed by atoms with Crippen LogP contribution in [0.5, 0.6) is 0 Å². The fourth-order valence-electron chi connectivity index (χ4n) is 2.78. The van der Waals surface area contributed by atoms with E-state index in [1.165, 1.54) is 7.11 Å². The van der Waals surface area contributed by atoms with Gasteiger partial charge in [0.25, 0.3) is 10.9 Å². The first-order valence-electron chi connectivity index (χ1n) is 9.59. The molecule has 0 unspecified atom stereocenters. The number of carbonyl (C=O) groups is 1. The predicted octanol–water partition coefficient (Wildman–Crippen LogP) is 1.72. The van der Waals surface area contributed by atoms with E-state index in [0.717, 1.165) is 5.56 Å². The van der Waals surface area contributed by atoms with Gasteiger partial charge in [-0.15, -0.1) is 0 Å². The first-order chi connectivity index (χ1) is 15.4. The zero-order valence-electron chi connectivity index (χ0n) is 17.2. The molecule has 0 radical (unpaired) electrons. The van der Waals surface area contributed by atoms with Crippen molar-refractivity contribution in [1.82, 2.24) is 5.32 Å². The van der Waals surface area contributed by atoms with Crippen molar-refractivity contribution in [3.63, 3.8) is 0 Å². The molecule has 0 fully saturated rings. The fourth-order valence-corrected chi connectivity index (χ4v) is 4.08. The summed E-state index contributed by atoms with van der Waals surface area (Å²) < 4.78 is 30.0. The van der Waals surface area contributed by atoms with Gasteiger partial charge in [0, 0.05) is 5.69 Å². The van der Waals surface area contributed by atoms with E-state index >= 15 is 0 Å². The smallest absolute Gasteiger partial charge is 0.337 e. The summed E-state index contributed by atoms with van der Waals surface area (Å²) in [5.41, 5.74) is 1.81. The number of anilines is 1. The van der Waals surface area contributed by atoms with Crippen LogP contribution in [0.1, 0.15) is 15.9 Å². The summed E-state index contributed by atoms with van der Waals surface area (Å²) in [5.74, 6) is -0.306. The summed E-state index contributed by atoms with van der Waals surface area (Å²) in [7, 11) is -2.23. The summed E-state index contributed by atoms with van der Waals surface area (Å²) in [6, 6.07) is 24.0. The molecular formula is C23H22N3O4S2+. The van der Waals surface area contributed by atoms with Crippen LogP contribution in [0.3, 0.4) is 0 Å². The Morgan fingerprint density at radius 1 is 0.906 bits per heavy atom. The first-order valence-corrected chi connectivity index (χ1v) is 11.7. The van der Waals surface area contributed by atoms with Gasteiger partial charge in [0.05, 0.1) is 23.1 Å². The highest BCUT2D eigenvalue weighted by Gasteiger charge is 2.18. The van der Waals surface area contributed by atoms with Crippen LogP contribution < -0.4 is 15.6 Å².